The molecular formula is C34H50N2O10. The normalized spacial score (nSPS) is 23.0. The van der Waals surface area contributed by atoms with E-state index in [2.05, 4.69) is 11.4 Å². The van der Waals surface area contributed by atoms with Crippen molar-refractivity contribution in [3.8, 4) is 11.8 Å². The molecule has 1 saturated heterocycles. The predicted octanol–water partition coefficient (Wildman–Crippen LogP) is 4.73. The predicted molar refractivity (Wildman–Crippen MR) is 167 cm³/mol. The summed E-state index contributed by atoms with van der Waals surface area (Å²) in [5.74, 6) is -2.82. The van der Waals surface area contributed by atoms with E-state index in [0.29, 0.717) is 0 Å². The highest BCUT2D eigenvalue weighted by atomic mass is 16.7. The van der Waals surface area contributed by atoms with E-state index in [1.54, 1.807) is 95.2 Å². The molecule has 46 heavy (non-hydrogen) atoms. The summed E-state index contributed by atoms with van der Waals surface area (Å²) in [6, 6.07) is 7.03. The Morgan fingerprint density at radius 2 is 1.20 bits per heavy atom. The molecule has 256 valence electrons. The quantitative estimate of drug-likeness (QED) is 0.294. The first kappa shape index (κ1) is 38.5. The van der Waals surface area contributed by atoms with E-state index < -0.39 is 88.8 Å². The third-order valence-corrected chi connectivity index (χ3v) is 6.90. The summed E-state index contributed by atoms with van der Waals surface area (Å²) in [5.41, 5.74) is -3.74. The van der Waals surface area contributed by atoms with Crippen LogP contribution in [0, 0.1) is 33.0 Å². The number of aromatic hydroxyl groups is 1. The molecule has 1 aliphatic heterocycles. The van der Waals surface area contributed by atoms with Gasteiger partial charge in [-0.25, -0.2) is 0 Å². The Bertz CT molecular complexity index is 1310. The molecule has 12 heteroatoms. The van der Waals surface area contributed by atoms with Crippen molar-refractivity contribution in [1.82, 2.24) is 5.32 Å². The van der Waals surface area contributed by atoms with Crippen LogP contribution in [-0.4, -0.2) is 66.2 Å². The number of phenols is 1. The molecule has 1 aromatic rings. The van der Waals surface area contributed by atoms with Gasteiger partial charge in [-0.15, -0.1) is 0 Å². The summed E-state index contributed by atoms with van der Waals surface area (Å²) < 4.78 is 29.8. The summed E-state index contributed by atoms with van der Waals surface area (Å²) >= 11 is 0. The second-order valence-corrected chi connectivity index (χ2v) is 15.6. The average Bonchev–Trinajstić information content (AvgIpc) is 2.91. The van der Waals surface area contributed by atoms with Gasteiger partial charge >= 0.3 is 23.9 Å². The van der Waals surface area contributed by atoms with Crippen LogP contribution in [0.25, 0.3) is 0 Å². The molecule has 1 aromatic carbocycles. The molecule has 0 bridgehead atoms. The van der Waals surface area contributed by atoms with Crippen molar-refractivity contribution in [2.75, 3.05) is 6.61 Å². The number of carbonyl (C=O) groups excluding carboxylic acids is 4. The Morgan fingerprint density at radius 3 is 1.63 bits per heavy atom. The van der Waals surface area contributed by atoms with Crippen molar-refractivity contribution < 1.29 is 48.0 Å². The number of para-hydroxylation sites is 1. The van der Waals surface area contributed by atoms with Crippen LogP contribution >= 0.6 is 0 Å². The first-order valence-corrected chi connectivity index (χ1v) is 15.3. The molecule has 0 spiro atoms. The van der Waals surface area contributed by atoms with Gasteiger partial charge in [0.15, 0.2) is 24.5 Å². The number of hydrogen-bond acceptors (Lipinski definition) is 12. The van der Waals surface area contributed by atoms with E-state index >= 15 is 0 Å². The van der Waals surface area contributed by atoms with Gasteiger partial charge in [-0.05, 0) is 89.2 Å². The van der Waals surface area contributed by atoms with Gasteiger partial charge < -0.3 is 28.8 Å². The smallest absolute Gasteiger partial charge is 0.311 e. The fourth-order valence-corrected chi connectivity index (χ4v) is 3.96. The number of nitriles is 1. The fourth-order valence-electron chi connectivity index (χ4n) is 3.96. The van der Waals surface area contributed by atoms with Gasteiger partial charge in [-0.3, -0.25) is 24.5 Å². The molecular weight excluding hydrogens is 596 g/mol. The first-order chi connectivity index (χ1) is 20.9. The Hall–Kier alpha value is -3.69. The molecule has 1 aliphatic rings. The van der Waals surface area contributed by atoms with E-state index in [0.717, 1.165) is 0 Å². The summed E-state index contributed by atoms with van der Waals surface area (Å²) in [6.45, 7) is 19.2. The Labute approximate surface area is 272 Å². The van der Waals surface area contributed by atoms with Crippen LogP contribution in [0.1, 0.15) is 94.7 Å². The minimum absolute atomic E-state index is 0.177. The van der Waals surface area contributed by atoms with Crippen LogP contribution in [0.5, 0.6) is 5.75 Å². The minimum atomic E-state index is -1.47. The van der Waals surface area contributed by atoms with Crippen LogP contribution < -0.4 is 5.32 Å². The molecule has 6 atom stereocenters. The van der Waals surface area contributed by atoms with Gasteiger partial charge in [-0.1, -0.05) is 18.2 Å². The summed E-state index contributed by atoms with van der Waals surface area (Å²) in [4.78, 5) is 52.9. The van der Waals surface area contributed by atoms with E-state index in [1.807, 2.05) is 0 Å². The number of esters is 4. The zero-order chi connectivity index (χ0) is 35.4. The first-order valence-electron chi connectivity index (χ1n) is 15.3. The molecule has 0 aromatic heterocycles. The molecule has 2 rings (SSSR count). The van der Waals surface area contributed by atoms with Gasteiger partial charge in [0.05, 0.1) is 27.7 Å². The molecule has 12 nitrogen and oxygen atoms in total. The van der Waals surface area contributed by atoms with Gasteiger partial charge in [0, 0.05) is 5.56 Å². The summed E-state index contributed by atoms with van der Waals surface area (Å²) in [5, 5.41) is 23.6. The lowest BCUT2D eigenvalue weighted by molar-refractivity contribution is -0.265. The van der Waals surface area contributed by atoms with Crippen LogP contribution in [0.15, 0.2) is 24.3 Å². The number of nitrogens with one attached hydrogen (secondary N) is 1. The van der Waals surface area contributed by atoms with Gasteiger partial charge in [0.25, 0.3) is 0 Å². The largest absolute Gasteiger partial charge is 0.508 e. The van der Waals surface area contributed by atoms with Gasteiger partial charge in [0.2, 0.25) is 0 Å². The summed E-state index contributed by atoms with van der Waals surface area (Å²) in [6.07, 6.45) is -6.98. The monoisotopic (exact) mass is 646 g/mol. The standard InChI is InChI=1S/C34H50N2O10/c1-31(2,3)27(38)42-18-22-23(44-28(39)32(4,5)6)24(45-29(40)33(7,8)9)25(46-30(41)34(10,11)12)26(43-22)36-20(17-35)19-15-13-14-16-21(19)37/h13-16,20,22-26,36-37H,18H2,1-12H3/t20-,22-,23-,24+,25-,26-/m1/s1. The number of benzene rings is 1. The highest BCUT2D eigenvalue weighted by Gasteiger charge is 2.55. The number of hydrogen-bond donors (Lipinski definition) is 2. The summed E-state index contributed by atoms with van der Waals surface area (Å²) in [7, 11) is 0. The Kier molecular flexibility index (Phi) is 12.0. The number of nitrogens with zero attached hydrogens (tertiary/aromatic N) is 1. The molecule has 0 saturated carbocycles. The van der Waals surface area contributed by atoms with Gasteiger partial charge in [0.1, 0.15) is 24.5 Å². The molecule has 0 amide bonds. The highest BCUT2D eigenvalue weighted by molar-refractivity contribution is 5.78. The molecule has 2 N–H and O–H groups in total. The maximum Gasteiger partial charge on any atom is 0.311 e. The van der Waals surface area contributed by atoms with E-state index in [1.165, 1.54) is 12.1 Å². The zero-order valence-corrected chi connectivity index (χ0v) is 29.0. The fraction of sp³-hybridized carbons (Fsp3) is 0.676. The van der Waals surface area contributed by atoms with Crippen LogP contribution in [0.3, 0.4) is 0 Å². The maximum absolute atomic E-state index is 13.4. The number of carbonyl (C=O) groups is 4. The topological polar surface area (TPSA) is 170 Å². The van der Waals surface area contributed by atoms with Gasteiger partial charge in [-0.2, -0.15) is 5.26 Å². The van der Waals surface area contributed by atoms with E-state index in [9.17, 15) is 29.5 Å². The Morgan fingerprint density at radius 1 is 0.761 bits per heavy atom. The zero-order valence-electron chi connectivity index (χ0n) is 29.0. The SMILES string of the molecule is CC(C)(C)C(=O)OC[C@H]1O[C@@H](N[C@H](C#N)c2ccccc2O)[C@H](OC(=O)C(C)(C)C)[C@@H](OC(=O)C(C)(C)C)[C@@H]1OC(=O)C(C)(C)C. The number of phenolic OH excluding ortho intramolecular Hbond substituents is 1. The highest BCUT2D eigenvalue weighted by Crippen LogP contribution is 2.35. The molecule has 0 unspecified atom stereocenters. The lowest BCUT2D eigenvalue weighted by Crippen LogP contribution is -2.66. The lowest BCUT2D eigenvalue weighted by Gasteiger charge is -2.46. The van der Waals surface area contributed by atoms with Crippen molar-refractivity contribution >= 4 is 23.9 Å². The van der Waals surface area contributed by atoms with Crippen LogP contribution in [0.4, 0.5) is 0 Å². The van der Waals surface area contributed by atoms with Crippen molar-refractivity contribution in [1.29, 1.82) is 5.26 Å². The third kappa shape index (κ3) is 10.2. The van der Waals surface area contributed by atoms with Crippen molar-refractivity contribution in [3.05, 3.63) is 29.8 Å². The second-order valence-electron chi connectivity index (χ2n) is 15.6. The molecule has 1 heterocycles. The Balaban J connectivity index is 2.77. The maximum atomic E-state index is 13.4. The average molecular weight is 647 g/mol. The molecule has 0 radical (unpaired) electrons. The van der Waals surface area contributed by atoms with E-state index in [-0.39, 0.29) is 11.3 Å². The minimum Gasteiger partial charge on any atom is -0.508 e. The second kappa shape index (κ2) is 14.4. The number of rotatable bonds is 8. The third-order valence-electron chi connectivity index (χ3n) is 6.90. The van der Waals surface area contributed by atoms with Crippen LogP contribution in [0.2, 0.25) is 0 Å². The lowest BCUT2D eigenvalue weighted by atomic mass is 9.92. The molecule has 1 fully saturated rings. The molecule has 0 aliphatic carbocycles. The van der Waals surface area contributed by atoms with Crippen molar-refractivity contribution in [2.24, 2.45) is 21.7 Å². The van der Waals surface area contributed by atoms with Crippen molar-refractivity contribution in [2.45, 2.75) is 120 Å². The van der Waals surface area contributed by atoms with Crippen LogP contribution in [-0.2, 0) is 42.9 Å². The van der Waals surface area contributed by atoms with Crippen molar-refractivity contribution in [3.63, 3.8) is 0 Å². The van der Waals surface area contributed by atoms with E-state index in [4.69, 9.17) is 23.7 Å². The number of ether oxygens (including phenoxy) is 5.